The fourth-order valence-corrected chi connectivity index (χ4v) is 1.82. The van der Waals surface area contributed by atoms with E-state index >= 15 is 0 Å². The van der Waals surface area contributed by atoms with Crippen LogP contribution in [0.25, 0.3) is 0 Å². The minimum absolute atomic E-state index is 0.0843. The smallest absolute Gasteiger partial charge is 0.371 e. The Labute approximate surface area is 115 Å². The maximum absolute atomic E-state index is 10.8. The lowest BCUT2D eigenvalue weighted by molar-refractivity contribution is 0.0661. The molecule has 0 saturated carbocycles. The van der Waals surface area contributed by atoms with E-state index in [0.717, 1.165) is 5.56 Å². The first kappa shape index (κ1) is 13.5. The predicted octanol–water partition coefficient (Wildman–Crippen LogP) is 3.83. The zero-order valence-corrected chi connectivity index (χ0v) is 11.3. The van der Waals surface area contributed by atoms with Crippen molar-refractivity contribution in [2.45, 2.75) is 20.5 Å². The molecule has 0 aliphatic rings. The van der Waals surface area contributed by atoms with Crippen molar-refractivity contribution in [1.29, 1.82) is 0 Å². The Bertz CT molecular complexity index is 616. The molecule has 0 amide bonds. The SMILES string of the molecule is Cc1ccc(Cl)cc1OCc1cc(C(=O)O)oc1C. The summed E-state index contributed by atoms with van der Waals surface area (Å²) in [5, 5.41) is 9.43. The van der Waals surface area contributed by atoms with E-state index in [-0.39, 0.29) is 12.4 Å². The normalized spacial score (nSPS) is 10.5. The number of ether oxygens (including phenoxy) is 1. The highest BCUT2D eigenvalue weighted by Crippen LogP contribution is 2.24. The molecule has 0 bridgehead atoms. The van der Waals surface area contributed by atoms with Crippen LogP contribution < -0.4 is 4.74 Å². The molecule has 0 saturated heterocycles. The molecule has 0 atom stereocenters. The minimum atomic E-state index is -1.09. The van der Waals surface area contributed by atoms with Crippen molar-refractivity contribution < 1.29 is 19.1 Å². The summed E-state index contributed by atoms with van der Waals surface area (Å²) in [6, 6.07) is 6.85. The van der Waals surface area contributed by atoms with Crippen LogP contribution >= 0.6 is 11.6 Å². The molecular formula is C14H13ClO4. The Morgan fingerprint density at radius 3 is 2.74 bits per heavy atom. The van der Waals surface area contributed by atoms with Gasteiger partial charge in [-0.05, 0) is 37.6 Å². The molecule has 0 aliphatic carbocycles. The first-order chi connectivity index (χ1) is 8.97. The number of hydrogen-bond donors (Lipinski definition) is 1. The van der Waals surface area contributed by atoms with Crippen molar-refractivity contribution in [2.75, 3.05) is 0 Å². The summed E-state index contributed by atoms with van der Waals surface area (Å²) in [4.78, 5) is 10.8. The van der Waals surface area contributed by atoms with Gasteiger partial charge in [0.25, 0.3) is 0 Å². The Morgan fingerprint density at radius 1 is 1.37 bits per heavy atom. The Morgan fingerprint density at radius 2 is 2.11 bits per heavy atom. The lowest BCUT2D eigenvalue weighted by atomic mass is 10.2. The van der Waals surface area contributed by atoms with Gasteiger partial charge in [-0.1, -0.05) is 17.7 Å². The Hall–Kier alpha value is -1.94. The van der Waals surface area contributed by atoms with E-state index in [0.29, 0.717) is 22.1 Å². The van der Waals surface area contributed by atoms with Crippen molar-refractivity contribution in [3.05, 3.63) is 51.9 Å². The number of carbonyl (C=O) groups is 1. The molecule has 1 N–H and O–H groups in total. The number of rotatable bonds is 4. The minimum Gasteiger partial charge on any atom is -0.488 e. The monoisotopic (exact) mass is 280 g/mol. The summed E-state index contributed by atoms with van der Waals surface area (Å²) >= 11 is 5.90. The standard InChI is InChI=1S/C14H13ClO4/c1-8-3-4-11(15)6-12(8)18-7-10-5-13(14(16)17)19-9(10)2/h3-6H,7H2,1-2H3,(H,16,17). The summed E-state index contributed by atoms with van der Waals surface area (Å²) in [5.41, 5.74) is 1.67. The maximum Gasteiger partial charge on any atom is 0.371 e. The van der Waals surface area contributed by atoms with Crippen molar-refractivity contribution in [3.63, 3.8) is 0 Å². The summed E-state index contributed by atoms with van der Waals surface area (Å²) in [5.74, 6) is 0.0364. The lowest BCUT2D eigenvalue weighted by Gasteiger charge is -2.08. The van der Waals surface area contributed by atoms with Crippen LogP contribution in [0.5, 0.6) is 5.75 Å². The molecule has 0 radical (unpaired) electrons. The molecule has 1 aromatic heterocycles. The molecule has 0 spiro atoms. The molecule has 1 heterocycles. The summed E-state index contributed by atoms with van der Waals surface area (Å²) in [7, 11) is 0. The molecule has 5 heteroatoms. The summed E-state index contributed by atoms with van der Waals surface area (Å²) in [6.07, 6.45) is 0. The lowest BCUT2D eigenvalue weighted by Crippen LogP contribution is -1.97. The van der Waals surface area contributed by atoms with Gasteiger partial charge in [-0.2, -0.15) is 0 Å². The van der Waals surface area contributed by atoms with E-state index < -0.39 is 5.97 Å². The molecule has 0 unspecified atom stereocenters. The van der Waals surface area contributed by atoms with Gasteiger partial charge in [0.1, 0.15) is 18.1 Å². The highest BCUT2D eigenvalue weighted by Gasteiger charge is 2.13. The van der Waals surface area contributed by atoms with Crippen LogP contribution in [0.15, 0.2) is 28.7 Å². The third kappa shape index (κ3) is 3.09. The second-order valence-electron chi connectivity index (χ2n) is 4.20. The zero-order chi connectivity index (χ0) is 14.0. The zero-order valence-electron chi connectivity index (χ0n) is 10.6. The topological polar surface area (TPSA) is 59.7 Å². The number of aromatic carboxylic acids is 1. The van der Waals surface area contributed by atoms with Crippen molar-refractivity contribution in [1.82, 2.24) is 0 Å². The van der Waals surface area contributed by atoms with Gasteiger partial charge in [0.05, 0.1) is 0 Å². The highest BCUT2D eigenvalue weighted by atomic mass is 35.5. The summed E-state index contributed by atoms with van der Waals surface area (Å²) < 4.78 is 10.8. The maximum atomic E-state index is 10.8. The highest BCUT2D eigenvalue weighted by molar-refractivity contribution is 6.30. The van der Waals surface area contributed by atoms with Crippen molar-refractivity contribution >= 4 is 17.6 Å². The van der Waals surface area contributed by atoms with Crippen LogP contribution in [0.2, 0.25) is 5.02 Å². The van der Waals surface area contributed by atoms with E-state index in [1.165, 1.54) is 6.07 Å². The molecule has 100 valence electrons. The quantitative estimate of drug-likeness (QED) is 0.925. The fraction of sp³-hybridized carbons (Fsp3) is 0.214. The molecule has 4 nitrogen and oxygen atoms in total. The molecular weight excluding hydrogens is 268 g/mol. The van der Waals surface area contributed by atoms with Crippen molar-refractivity contribution in [3.8, 4) is 5.75 Å². The predicted molar refractivity (Wildman–Crippen MR) is 70.9 cm³/mol. The number of hydrogen-bond acceptors (Lipinski definition) is 3. The number of carboxylic acid groups (broad SMARTS) is 1. The third-order valence-electron chi connectivity index (χ3n) is 2.76. The Balaban J connectivity index is 2.14. The van der Waals surface area contributed by atoms with E-state index in [9.17, 15) is 4.79 Å². The van der Waals surface area contributed by atoms with Crippen LogP contribution in [-0.2, 0) is 6.61 Å². The first-order valence-electron chi connectivity index (χ1n) is 5.69. The van der Waals surface area contributed by atoms with E-state index in [4.69, 9.17) is 25.9 Å². The van der Waals surface area contributed by atoms with Crippen LogP contribution in [0, 0.1) is 13.8 Å². The Kier molecular flexibility index (Phi) is 3.81. The second-order valence-corrected chi connectivity index (χ2v) is 4.63. The number of furan rings is 1. The van der Waals surface area contributed by atoms with Gasteiger partial charge in [-0.25, -0.2) is 4.79 Å². The fourth-order valence-electron chi connectivity index (χ4n) is 1.65. The van der Waals surface area contributed by atoms with Crippen LogP contribution in [0.3, 0.4) is 0 Å². The average molecular weight is 281 g/mol. The van der Waals surface area contributed by atoms with Gasteiger partial charge < -0.3 is 14.3 Å². The average Bonchev–Trinajstić information content (AvgIpc) is 2.72. The number of halogens is 1. The number of aryl methyl sites for hydroxylation is 2. The van der Waals surface area contributed by atoms with Crippen LogP contribution in [0.4, 0.5) is 0 Å². The second kappa shape index (κ2) is 5.36. The molecule has 2 aromatic rings. The van der Waals surface area contributed by atoms with Gasteiger partial charge in [-0.3, -0.25) is 0 Å². The van der Waals surface area contributed by atoms with Gasteiger partial charge in [0, 0.05) is 10.6 Å². The van der Waals surface area contributed by atoms with Crippen molar-refractivity contribution in [2.24, 2.45) is 0 Å². The van der Waals surface area contributed by atoms with Gasteiger partial charge in [-0.15, -0.1) is 0 Å². The van der Waals surface area contributed by atoms with Crippen LogP contribution in [-0.4, -0.2) is 11.1 Å². The molecule has 2 rings (SSSR count). The summed E-state index contributed by atoms with van der Waals surface area (Å²) in [6.45, 7) is 3.86. The van der Waals surface area contributed by atoms with E-state index in [2.05, 4.69) is 0 Å². The van der Waals surface area contributed by atoms with E-state index in [1.54, 1.807) is 19.1 Å². The molecule has 0 fully saturated rings. The van der Waals surface area contributed by atoms with E-state index in [1.807, 2.05) is 13.0 Å². The van der Waals surface area contributed by atoms with Crippen LogP contribution in [0.1, 0.15) is 27.4 Å². The molecule has 0 aliphatic heterocycles. The number of benzene rings is 1. The molecule has 19 heavy (non-hydrogen) atoms. The number of carboxylic acids is 1. The van der Waals surface area contributed by atoms with Gasteiger partial charge in [0.2, 0.25) is 5.76 Å². The third-order valence-corrected chi connectivity index (χ3v) is 3.00. The first-order valence-corrected chi connectivity index (χ1v) is 6.06. The largest absolute Gasteiger partial charge is 0.488 e. The molecule has 1 aromatic carbocycles. The van der Waals surface area contributed by atoms with Gasteiger partial charge >= 0.3 is 5.97 Å². The van der Waals surface area contributed by atoms with Gasteiger partial charge in [0.15, 0.2) is 0 Å².